The maximum Gasteiger partial charge on any atom is 0.228 e. The maximum atomic E-state index is 14.5. The molecule has 0 bridgehead atoms. The van der Waals surface area contributed by atoms with Gasteiger partial charge in [-0.1, -0.05) is 5.21 Å². The first-order valence-electron chi connectivity index (χ1n) is 9.60. The molecule has 8 nitrogen and oxygen atoms in total. The second kappa shape index (κ2) is 7.84. The SMILES string of the molecule is CN(C)N1CCC(C(=O)Nc2cc3cc(-c4cn(C)nn4)cc(F)c3cn2)CC1. The Kier molecular flexibility index (Phi) is 5.25. The van der Waals surface area contributed by atoms with Gasteiger partial charge in [0.15, 0.2) is 0 Å². The number of benzene rings is 1. The third-order valence-electron chi connectivity index (χ3n) is 5.34. The number of pyridine rings is 1. The zero-order valence-corrected chi connectivity index (χ0v) is 16.8. The first-order chi connectivity index (χ1) is 13.9. The number of hydrogen-bond acceptors (Lipinski definition) is 6. The van der Waals surface area contributed by atoms with Crippen molar-refractivity contribution >= 4 is 22.5 Å². The van der Waals surface area contributed by atoms with Crippen LogP contribution in [-0.2, 0) is 11.8 Å². The zero-order chi connectivity index (χ0) is 20.5. The van der Waals surface area contributed by atoms with E-state index < -0.39 is 0 Å². The smallest absolute Gasteiger partial charge is 0.228 e. The van der Waals surface area contributed by atoms with Gasteiger partial charge in [-0.05, 0) is 36.4 Å². The van der Waals surface area contributed by atoms with E-state index in [2.05, 4.69) is 30.6 Å². The molecule has 0 radical (unpaired) electrons. The second-order valence-corrected chi connectivity index (χ2v) is 7.59. The van der Waals surface area contributed by atoms with Gasteiger partial charge in [-0.15, -0.1) is 5.10 Å². The van der Waals surface area contributed by atoms with E-state index in [9.17, 15) is 9.18 Å². The van der Waals surface area contributed by atoms with Crippen molar-refractivity contribution in [2.75, 3.05) is 32.5 Å². The summed E-state index contributed by atoms with van der Waals surface area (Å²) < 4.78 is 16.1. The Morgan fingerprint density at radius 2 is 2.00 bits per heavy atom. The number of nitrogens with zero attached hydrogens (tertiary/aromatic N) is 6. The highest BCUT2D eigenvalue weighted by Gasteiger charge is 2.26. The Morgan fingerprint density at radius 3 is 2.66 bits per heavy atom. The molecule has 152 valence electrons. The molecule has 2 aromatic heterocycles. The highest BCUT2D eigenvalue weighted by molar-refractivity contribution is 5.95. The molecule has 1 fully saturated rings. The van der Waals surface area contributed by atoms with Gasteiger partial charge in [0.25, 0.3) is 0 Å². The van der Waals surface area contributed by atoms with E-state index in [0.29, 0.717) is 27.8 Å². The molecule has 3 aromatic rings. The van der Waals surface area contributed by atoms with Crippen molar-refractivity contribution in [3.8, 4) is 11.3 Å². The van der Waals surface area contributed by atoms with Gasteiger partial charge in [-0.25, -0.2) is 19.4 Å². The Bertz CT molecular complexity index is 1040. The molecular formula is C20H24FN7O. The number of anilines is 1. The molecule has 0 saturated carbocycles. The molecule has 0 atom stereocenters. The summed E-state index contributed by atoms with van der Waals surface area (Å²) in [4.78, 5) is 16.9. The molecule has 0 unspecified atom stereocenters. The molecule has 3 heterocycles. The van der Waals surface area contributed by atoms with Crippen molar-refractivity contribution in [3.63, 3.8) is 0 Å². The van der Waals surface area contributed by atoms with Gasteiger partial charge >= 0.3 is 0 Å². The summed E-state index contributed by atoms with van der Waals surface area (Å²) in [6.07, 6.45) is 4.77. The van der Waals surface area contributed by atoms with Crippen LogP contribution in [0.25, 0.3) is 22.0 Å². The lowest BCUT2D eigenvalue weighted by atomic mass is 9.96. The summed E-state index contributed by atoms with van der Waals surface area (Å²) in [6.45, 7) is 1.70. The number of fused-ring (bicyclic) bond motifs is 1. The molecule has 0 aliphatic carbocycles. The summed E-state index contributed by atoms with van der Waals surface area (Å²) in [6, 6.07) is 4.95. The van der Waals surface area contributed by atoms with E-state index in [1.807, 2.05) is 20.2 Å². The van der Waals surface area contributed by atoms with Crippen molar-refractivity contribution in [2.24, 2.45) is 13.0 Å². The van der Waals surface area contributed by atoms with Crippen LogP contribution in [0.3, 0.4) is 0 Å². The van der Waals surface area contributed by atoms with Gasteiger partial charge < -0.3 is 5.32 Å². The van der Waals surface area contributed by atoms with E-state index >= 15 is 0 Å². The van der Waals surface area contributed by atoms with Gasteiger partial charge in [0.05, 0.1) is 6.20 Å². The molecule has 29 heavy (non-hydrogen) atoms. The number of carbonyl (C=O) groups excluding carboxylic acids is 1. The number of nitrogens with one attached hydrogen (secondary N) is 1. The van der Waals surface area contributed by atoms with E-state index in [0.717, 1.165) is 25.9 Å². The molecule has 9 heteroatoms. The van der Waals surface area contributed by atoms with E-state index in [1.54, 1.807) is 24.0 Å². The largest absolute Gasteiger partial charge is 0.310 e. The monoisotopic (exact) mass is 397 g/mol. The fourth-order valence-electron chi connectivity index (χ4n) is 3.67. The number of hydrogen-bond donors (Lipinski definition) is 1. The van der Waals surface area contributed by atoms with Crippen molar-refractivity contribution in [2.45, 2.75) is 12.8 Å². The first-order valence-corrected chi connectivity index (χ1v) is 9.60. The van der Waals surface area contributed by atoms with Crippen LogP contribution < -0.4 is 5.32 Å². The number of aromatic nitrogens is 4. The number of hydrazine groups is 1. The van der Waals surface area contributed by atoms with Gasteiger partial charge in [0.2, 0.25) is 5.91 Å². The van der Waals surface area contributed by atoms with E-state index in [1.165, 1.54) is 12.3 Å². The minimum atomic E-state index is -0.385. The number of rotatable bonds is 4. The molecule has 1 aliphatic rings. The lowest BCUT2D eigenvalue weighted by Crippen LogP contribution is -2.44. The van der Waals surface area contributed by atoms with Crippen molar-refractivity contribution in [3.05, 3.63) is 36.4 Å². The zero-order valence-electron chi connectivity index (χ0n) is 16.8. The standard InChI is InChI=1S/C20H24FN7O/c1-26(2)28-6-4-13(5-7-28)20(29)23-19-10-14-8-15(18-12-27(3)25-24-18)9-17(21)16(14)11-22-19/h8-13H,4-7H2,1-3H3,(H,22,23,29). The minimum absolute atomic E-state index is 0.0409. The lowest BCUT2D eigenvalue weighted by Gasteiger charge is -2.35. The molecule has 1 saturated heterocycles. The fraction of sp³-hybridized carbons (Fsp3) is 0.400. The molecule has 1 aromatic carbocycles. The average Bonchev–Trinajstić information content (AvgIpc) is 3.14. The number of piperidine rings is 1. The summed E-state index contributed by atoms with van der Waals surface area (Å²) in [5.74, 6) is -0.0509. The summed E-state index contributed by atoms with van der Waals surface area (Å²) in [5, 5.41) is 16.2. The predicted molar refractivity (Wildman–Crippen MR) is 108 cm³/mol. The Labute approximate surface area is 168 Å². The first kappa shape index (κ1) is 19.4. The Morgan fingerprint density at radius 1 is 1.24 bits per heavy atom. The maximum absolute atomic E-state index is 14.5. The molecule has 1 N–H and O–H groups in total. The van der Waals surface area contributed by atoms with Crippen molar-refractivity contribution in [1.82, 2.24) is 30.0 Å². The third-order valence-corrected chi connectivity index (χ3v) is 5.34. The van der Waals surface area contributed by atoms with E-state index in [-0.39, 0.29) is 17.6 Å². The van der Waals surface area contributed by atoms with Crippen molar-refractivity contribution < 1.29 is 9.18 Å². The number of aryl methyl sites for hydroxylation is 1. The summed E-state index contributed by atoms with van der Waals surface area (Å²) >= 11 is 0. The fourth-order valence-corrected chi connectivity index (χ4v) is 3.67. The highest BCUT2D eigenvalue weighted by atomic mass is 19.1. The van der Waals surface area contributed by atoms with Crippen LogP contribution >= 0.6 is 0 Å². The lowest BCUT2D eigenvalue weighted by molar-refractivity contribution is -0.122. The molecular weight excluding hydrogens is 373 g/mol. The molecule has 1 amide bonds. The normalized spacial score (nSPS) is 15.9. The molecule has 0 spiro atoms. The van der Waals surface area contributed by atoms with Gasteiger partial charge in [-0.3, -0.25) is 9.48 Å². The van der Waals surface area contributed by atoms with Crippen LogP contribution in [-0.4, -0.2) is 63.1 Å². The van der Waals surface area contributed by atoms with Crippen LogP contribution in [0.15, 0.2) is 30.6 Å². The summed E-state index contributed by atoms with van der Waals surface area (Å²) in [5.41, 5.74) is 1.21. The number of carbonyl (C=O) groups is 1. The molecule has 1 aliphatic heterocycles. The van der Waals surface area contributed by atoms with Gasteiger partial charge in [0.1, 0.15) is 17.3 Å². The summed E-state index contributed by atoms with van der Waals surface area (Å²) in [7, 11) is 5.77. The quantitative estimate of drug-likeness (QED) is 0.728. The second-order valence-electron chi connectivity index (χ2n) is 7.59. The van der Waals surface area contributed by atoms with Crippen LogP contribution in [0.4, 0.5) is 10.2 Å². The third kappa shape index (κ3) is 4.10. The Hall–Kier alpha value is -2.91. The van der Waals surface area contributed by atoms with Gasteiger partial charge in [0, 0.05) is 57.3 Å². The predicted octanol–water partition coefficient (Wildman–Crippen LogP) is 2.30. The van der Waals surface area contributed by atoms with Crippen molar-refractivity contribution in [1.29, 1.82) is 0 Å². The number of amides is 1. The van der Waals surface area contributed by atoms with Crippen LogP contribution in [0.1, 0.15) is 12.8 Å². The number of halogens is 1. The average molecular weight is 397 g/mol. The van der Waals surface area contributed by atoms with Crippen LogP contribution in [0, 0.1) is 11.7 Å². The topological polar surface area (TPSA) is 79.2 Å². The van der Waals surface area contributed by atoms with E-state index in [4.69, 9.17) is 0 Å². The van der Waals surface area contributed by atoms with Crippen LogP contribution in [0.5, 0.6) is 0 Å². The minimum Gasteiger partial charge on any atom is -0.310 e. The highest BCUT2D eigenvalue weighted by Crippen LogP contribution is 2.27. The van der Waals surface area contributed by atoms with Crippen LogP contribution in [0.2, 0.25) is 0 Å². The molecule has 4 rings (SSSR count). The van der Waals surface area contributed by atoms with Gasteiger partial charge in [-0.2, -0.15) is 0 Å². The Balaban J connectivity index is 1.53.